The molecule has 0 radical (unpaired) electrons. The third-order valence-corrected chi connectivity index (χ3v) is 4.79. The highest BCUT2D eigenvalue weighted by molar-refractivity contribution is 9.10. The second kappa shape index (κ2) is 6.95. The van der Waals surface area contributed by atoms with Crippen molar-refractivity contribution in [2.45, 2.75) is 46.2 Å². The van der Waals surface area contributed by atoms with Crippen molar-refractivity contribution in [3.8, 4) is 0 Å². The third-order valence-electron chi connectivity index (χ3n) is 3.66. The van der Waals surface area contributed by atoms with Gasteiger partial charge in [0, 0.05) is 23.5 Å². The Morgan fingerprint density at radius 1 is 1.38 bits per heavy atom. The minimum atomic E-state index is -0.107. The molecular formula is C16H21BrClN3. The van der Waals surface area contributed by atoms with Crippen LogP contribution < -0.4 is 5.73 Å². The number of hydrogen-bond donors (Lipinski definition) is 1. The van der Waals surface area contributed by atoms with Crippen LogP contribution in [0.2, 0.25) is 5.02 Å². The van der Waals surface area contributed by atoms with Crippen LogP contribution in [-0.2, 0) is 19.4 Å². The summed E-state index contributed by atoms with van der Waals surface area (Å²) < 4.78 is 3.01. The zero-order valence-corrected chi connectivity index (χ0v) is 15.0. The molecule has 2 N–H and O–H groups in total. The molecule has 0 bridgehead atoms. The topological polar surface area (TPSA) is 43.8 Å². The summed E-state index contributed by atoms with van der Waals surface area (Å²) in [6.07, 6.45) is 1.52. The molecule has 114 valence electrons. The summed E-state index contributed by atoms with van der Waals surface area (Å²) in [6.45, 7) is 7.00. The van der Waals surface area contributed by atoms with E-state index in [-0.39, 0.29) is 6.04 Å². The van der Waals surface area contributed by atoms with Gasteiger partial charge < -0.3 is 5.73 Å². The minimum absolute atomic E-state index is 0.107. The van der Waals surface area contributed by atoms with E-state index in [1.165, 1.54) is 5.56 Å². The van der Waals surface area contributed by atoms with Crippen molar-refractivity contribution in [1.82, 2.24) is 9.78 Å². The van der Waals surface area contributed by atoms with E-state index in [0.29, 0.717) is 6.42 Å². The van der Waals surface area contributed by atoms with Gasteiger partial charge in [0.05, 0.1) is 16.4 Å². The van der Waals surface area contributed by atoms with Crippen LogP contribution in [0.5, 0.6) is 0 Å². The molecule has 1 aromatic heterocycles. The maximum absolute atomic E-state index is 6.45. The van der Waals surface area contributed by atoms with Crippen LogP contribution >= 0.6 is 27.5 Å². The SMILES string of the molecule is CCc1nn(CC)c(CC(N)c2ccc(C)cc2Br)c1Cl. The fourth-order valence-corrected chi connectivity index (χ4v) is 3.60. The molecule has 1 heterocycles. The Labute approximate surface area is 139 Å². The first-order valence-corrected chi connectivity index (χ1v) is 8.40. The number of aromatic nitrogens is 2. The van der Waals surface area contributed by atoms with Gasteiger partial charge in [-0.25, -0.2) is 0 Å². The summed E-state index contributed by atoms with van der Waals surface area (Å²) in [7, 11) is 0. The van der Waals surface area contributed by atoms with Gasteiger partial charge in [0.15, 0.2) is 0 Å². The molecule has 0 saturated carbocycles. The maximum Gasteiger partial charge on any atom is 0.0850 e. The molecular weight excluding hydrogens is 350 g/mol. The van der Waals surface area contributed by atoms with Crippen LogP contribution in [-0.4, -0.2) is 9.78 Å². The molecule has 0 aliphatic heterocycles. The monoisotopic (exact) mass is 369 g/mol. The van der Waals surface area contributed by atoms with Gasteiger partial charge in [-0.1, -0.05) is 46.6 Å². The highest BCUT2D eigenvalue weighted by Crippen LogP contribution is 2.29. The second-order valence-corrected chi connectivity index (χ2v) is 6.44. The Balaban J connectivity index is 2.31. The van der Waals surface area contributed by atoms with Crippen LogP contribution in [0.1, 0.15) is 42.4 Å². The quantitative estimate of drug-likeness (QED) is 0.846. The number of hydrogen-bond acceptors (Lipinski definition) is 2. The normalized spacial score (nSPS) is 12.7. The Bertz CT molecular complexity index is 637. The van der Waals surface area contributed by atoms with E-state index in [1.807, 2.05) is 4.68 Å². The smallest absolute Gasteiger partial charge is 0.0850 e. The molecule has 1 atom stereocenters. The van der Waals surface area contributed by atoms with E-state index < -0.39 is 0 Å². The van der Waals surface area contributed by atoms with Crippen molar-refractivity contribution in [2.24, 2.45) is 5.73 Å². The number of nitrogens with zero attached hydrogens (tertiary/aromatic N) is 2. The van der Waals surface area contributed by atoms with Crippen molar-refractivity contribution in [1.29, 1.82) is 0 Å². The molecule has 1 unspecified atom stereocenters. The first kappa shape index (κ1) is 16.5. The number of benzene rings is 1. The second-order valence-electron chi connectivity index (χ2n) is 5.21. The summed E-state index contributed by atoms with van der Waals surface area (Å²) in [5.41, 5.74) is 10.7. The lowest BCUT2D eigenvalue weighted by Gasteiger charge is -2.15. The Morgan fingerprint density at radius 2 is 2.10 bits per heavy atom. The molecule has 0 aliphatic carbocycles. The molecule has 0 saturated heterocycles. The fourth-order valence-electron chi connectivity index (χ4n) is 2.46. The molecule has 3 nitrogen and oxygen atoms in total. The first-order valence-electron chi connectivity index (χ1n) is 7.23. The lowest BCUT2D eigenvalue weighted by atomic mass is 10.0. The van der Waals surface area contributed by atoms with Gasteiger partial charge in [-0.05, 0) is 37.5 Å². The maximum atomic E-state index is 6.45. The van der Waals surface area contributed by atoms with E-state index in [1.54, 1.807) is 0 Å². The van der Waals surface area contributed by atoms with Gasteiger partial charge in [-0.3, -0.25) is 4.68 Å². The van der Waals surface area contributed by atoms with Crippen molar-refractivity contribution in [3.05, 3.63) is 50.2 Å². The average molecular weight is 371 g/mol. The van der Waals surface area contributed by atoms with E-state index in [4.69, 9.17) is 17.3 Å². The standard InChI is InChI=1S/C16H21BrClN3/c1-4-14-16(18)15(21(5-2)20-14)9-13(19)11-7-6-10(3)8-12(11)17/h6-8,13H,4-5,9,19H2,1-3H3. The molecule has 0 amide bonds. The zero-order chi connectivity index (χ0) is 15.6. The lowest BCUT2D eigenvalue weighted by Crippen LogP contribution is -2.17. The van der Waals surface area contributed by atoms with Crippen molar-refractivity contribution < 1.29 is 0 Å². The molecule has 0 aliphatic rings. The summed E-state index contributed by atoms with van der Waals surface area (Å²) in [5, 5.41) is 5.31. The number of rotatable bonds is 5. The molecule has 5 heteroatoms. The van der Waals surface area contributed by atoms with E-state index >= 15 is 0 Å². The summed E-state index contributed by atoms with van der Waals surface area (Å²) in [6, 6.07) is 6.14. The highest BCUT2D eigenvalue weighted by atomic mass is 79.9. The minimum Gasteiger partial charge on any atom is -0.324 e. The third kappa shape index (κ3) is 3.50. The largest absolute Gasteiger partial charge is 0.324 e. The van der Waals surface area contributed by atoms with Crippen LogP contribution in [0.3, 0.4) is 0 Å². The molecule has 0 fully saturated rings. The fraction of sp³-hybridized carbons (Fsp3) is 0.438. The highest BCUT2D eigenvalue weighted by Gasteiger charge is 2.19. The Morgan fingerprint density at radius 3 is 2.67 bits per heavy atom. The molecule has 1 aromatic carbocycles. The molecule has 2 aromatic rings. The van der Waals surface area contributed by atoms with Crippen LogP contribution in [0, 0.1) is 6.92 Å². The van der Waals surface area contributed by atoms with Crippen molar-refractivity contribution >= 4 is 27.5 Å². The summed E-state index contributed by atoms with van der Waals surface area (Å²) >= 11 is 10.1. The first-order chi connectivity index (χ1) is 9.97. The predicted molar refractivity (Wildman–Crippen MR) is 91.8 cm³/mol. The van der Waals surface area contributed by atoms with Crippen molar-refractivity contribution in [3.63, 3.8) is 0 Å². The van der Waals surface area contributed by atoms with Gasteiger partial charge in [0.25, 0.3) is 0 Å². The van der Waals surface area contributed by atoms with Crippen LogP contribution in [0.4, 0.5) is 0 Å². The van der Waals surface area contributed by atoms with Gasteiger partial charge >= 0.3 is 0 Å². The van der Waals surface area contributed by atoms with E-state index in [0.717, 1.165) is 39.4 Å². The lowest BCUT2D eigenvalue weighted by molar-refractivity contribution is 0.585. The van der Waals surface area contributed by atoms with Gasteiger partial charge in [-0.15, -0.1) is 0 Å². The molecule has 0 spiro atoms. The zero-order valence-electron chi connectivity index (χ0n) is 12.7. The molecule has 2 rings (SSSR count). The number of halogens is 2. The number of nitrogens with two attached hydrogens (primary N) is 1. The average Bonchev–Trinajstić information content (AvgIpc) is 2.75. The van der Waals surface area contributed by atoms with Crippen LogP contribution in [0.15, 0.2) is 22.7 Å². The summed E-state index contributed by atoms with van der Waals surface area (Å²) in [4.78, 5) is 0. The molecule has 21 heavy (non-hydrogen) atoms. The van der Waals surface area contributed by atoms with Crippen LogP contribution in [0.25, 0.3) is 0 Å². The Hall–Kier alpha value is -0.840. The van der Waals surface area contributed by atoms with Gasteiger partial charge in [0.1, 0.15) is 0 Å². The summed E-state index contributed by atoms with van der Waals surface area (Å²) in [5.74, 6) is 0. The van der Waals surface area contributed by atoms with E-state index in [2.05, 4.69) is 60.0 Å². The van der Waals surface area contributed by atoms with Gasteiger partial charge in [0.2, 0.25) is 0 Å². The van der Waals surface area contributed by atoms with Crippen molar-refractivity contribution in [2.75, 3.05) is 0 Å². The predicted octanol–water partition coefficient (Wildman–Crippen LogP) is 4.43. The van der Waals surface area contributed by atoms with Gasteiger partial charge in [-0.2, -0.15) is 5.10 Å². The Kier molecular flexibility index (Phi) is 5.47. The number of aryl methyl sites for hydroxylation is 3. The van der Waals surface area contributed by atoms with E-state index in [9.17, 15) is 0 Å².